The summed E-state index contributed by atoms with van der Waals surface area (Å²) in [6, 6.07) is 2.32. The summed E-state index contributed by atoms with van der Waals surface area (Å²) in [5.41, 5.74) is 0. The van der Waals surface area contributed by atoms with Crippen molar-refractivity contribution in [2.45, 2.75) is 13.3 Å². The lowest BCUT2D eigenvalue weighted by molar-refractivity contribution is 0.188. The minimum atomic E-state index is 0.272. The first-order chi connectivity index (χ1) is 4.72. The van der Waals surface area contributed by atoms with Crippen LogP contribution >= 0.6 is 0 Å². The van der Waals surface area contributed by atoms with Crippen LogP contribution in [-0.4, -0.2) is 25.0 Å². The third-order valence-electron chi connectivity index (χ3n) is 2.02. The van der Waals surface area contributed by atoms with Gasteiger partial charge in [0.05, 0.1) is 12.0 Å². The zero-order valence-corrected chi connectivity index (χ0v) is 6.67. The first kappa shape index (κ1) is 7.56. The third kappa shape index (κ3) is 1.71. The van der Waals surface area contributed by atoms with Crippen LogP contribution in [0.5, 0.6) is 0 Å². The minimum Gasteiger partial charge on any atom is -0.305 e. The van der Waals surface area contributed by atoms with Gasteiger partial charge in [-0.1, -0.05) is 6.92 Å². The summed E-state index contributed by atoms with van der Waals surface area (Å²) in [6.45, 7) is 4.32. The van der Waals surface area contributed by atoms with E-state index in [1.165, 1.54) is 0 Å². The second-order valence-electron chi connectivity index (χ2n) is 3.39. The summed E-state index contributed by atoms with van der Waals surface area (Å²) in [5, 5.41) is 8.65. The van der Waals surface area contributed by atoms with Crippen molar-refractivity contribution in [1.82, 2.24) is 4.90 Å². The Hall–Kier alpha value is -0.550. The fourth-order valence-electron chi connectivity index (χ4n) is 1.71. The Kier molecular flexibility index (Phi) is 2.29. The number of nitrogens with zero attached hydrogens (tertiary/aromatic N) is 2. The van der Waals surface area contributed by atoms with Crippen LogP contribution in [0.3, 0.4) is 0 Å². The fraction of sp³-hybridized carbons (Fsp3) is 0.875. The number of hydrogen-bond acceptors (Lipinski definition) is 2. The Balaban J connectivity index is 2.44. The van der Waals surface area contributed by atoms with Crippen molar-refractivity contribution < 1.29 is 0 Å². The molecule has 2 heteroatoms. The summed E-state index contributed by atoms with van der Waals surface area (Å²) in [4.78, 5) is 2.24. The first-order valence-corrected chi connectivity index (χ1v) is 3.80. The molecule has 0 aromatic rings. The first-order valence-electron chi connectivity index (χ1n) is 3.80. The molecule has 1 fully saturated rings. The van der Waals surface area contributed by atoms with Gasteiger partial charge in [-0.15, -0.1) is 0 Å². The van der Waals surface area contributed by atoms with Gasteiger partial charge in [0.2, 0.25) is 0 Å². The Morgan fingerprint density at radius 2 is 2.20 bits per heavy atom. The predicted molar refractivity (Wildman–Crippen MR) is 40.4 cm³/mol. The van der Waals surface area contributed by atoms with Crippen molar-refractivity contribution in [2.24, 2.45) is 11.8 Å². The van der Waals surface area contributed by atoms with Gasteiger partial charge in [-0.2, -0.15) is 5.26 Å². The van der Waals surface area contributed by atoms with Gasteiger partial charge in [0.1, 0.15) is 0 Å². The molecule has 0 aromatic carbocycles. The van der Waals surface area contributed by atoms with Crippen LogP contribution < -0.4 is 0 Å². The Bertz CT molecular complexity index is 138. The van der Waals surface area contributed by atoms with E-state index in [4.69, 9.17) is 5.26 Å². The highest BCUT2D eigenvalue weighted by Gasteiger charge is 2.21. The van der Waals surface area contributed by atoms with Gasteiger partial charge >= 0.3 is 0 Å². The average Bonchev–Trinajstić information content (AvgIpc) is 1.85. The molecule has 0 N–H and O–H groups in total. The molecule has 0 saturated carbocycles. The molecule has 0 radical (unpaired) electrons. The van der Waals surface area contributed by atoms with E-state index in [2.05, 4.69) is 24.9 Å². The normalized spacial score (nSPS) is 35.3. The monoisotopic (exact) mass is 138 g/mol. The molecule has 0 aromatic heterocycles. The van der Waals surface area contributed by atoms with Crippen LogP contribution in [-0.2, 0) is 0 Å². The van der Waals surface area contributed by atoms with Gasteiger partial charge in [-0.3, -0.25) is 0 Å². The van der Waals surface area contributed by atoms with Crippen molar-refractivity contribution in [2.75, 3.05) is 20.1 Å². The summed E-state index contributed by atoms with van der Waals surface area (Å²) in [6.07, 6.45) is 1.08. The number of rotatable bonds is 0. The SMILES string of the molecule is C[C@@H]1C[C@H](C#N)CN(C)C1. The maximum absolute atomic E-state index is 8.65. The Labute approximate surface area is 62.4 Å². The van der Waals surface area contributed by atoms with Crippen molar-refractivity contribution in [3.05, 3.63) is 0 Å². The fourth-order valence-corrected chi connectivity index (χ4v) is 1.71. The molecule has 0 aliphatic carbocycles. The Morgan fingerprint density at radius 3 is 2.70 bits per heavy atom. The lowest BCUT2D eigenvalue weighted by atomic mass is 9.92. The van der Waals surface area contributed by atoms with E-state index in [0.717, 1.165) is 19.5 Å². The van der Waals surface area contributed by atoms with Gasteiger partial charge in [0.25, 0.3) is 0 Å². The zero-order valence-electron chi connectivity index (χ0n) is 6.67. The van der Waals surface area contributed by atoms with Crippen LogP contribution in [0.25, 0.3) is 0 Å². The van der Waals surface area contributed by atoms with Crippen LogP contribution in [0.1, 0.15) is 13.3 Å². The zero-order chi connectivity index (χ0) is 7.56. The van der Waals surface area contributed by atoms with Gasteiger partial charge in [-0.25, -0.2) is 0 Å². The second-order valence-corrected chi connectivity index (χ2v) is 3.39. The third-order valence-corrected chi connectivity index (χ3v) is 2.02. The lowest BCUT2D eigenvalue weighted by Gasteiger charge is -2.30. The number of nitriles is 1. The van der Waals surface area contributed by atoms with E-state index >= 15 is 0 Å². The quantitative estimate of drug-likeness (QED) is 0.501. The molecule has 1 saturated heterocycles. The van der Waals surface area contributed by atoms with Crippen molar-refractivity contribution in [1.29, 1.82) is 5.26 Å². The molecule has 56 valence electrons. The van der Waals surface area contributed by atoms with Crippen LogP contribution in [0.2, 0.25) is 0 Å². The van der Waals surface area contributed by atoms with Crippen LogP contribution in [0, 0.1) is 23.2 Å². The summed E-state index contributed by atoms with van der Waals surface area (Å²) in [7, 11) is 2.08. The van der Waals surface area contributed by atoms with Gasteiger partial charge in [-0.05, 0) is 19.4 Å². The predicted octanol–water partition coefficient (Wildman–Crippen LogP) is 1.10. The topological polar surface area (TPSA) is 27.0 Å². The molecule has 1 aliphatic heterocycles. The maximum atomic E-state index is 8.65. The van der Waals surface area contributed by atoms with Gasteiger partial charge < -0.3 is 4.90 Å². The van der Waals surface area contributed by atoms with E-state index in [0.29, 0.717) is 5.92 Å². The molecule has 10 heavy (non-hydrogen) atoms. The van der Waals surface area contributed by atoms with Crippen LogP contribution in [0.15, 0.2) is 0 Å². The summed E-state index contributed by atoms with van der Waals surface area (Å²) < 4.78 is 0. The maximum Gasteiger partial charge on any atom is 0.0669 e. The molecule has 1 rings (SSSR count). The van der Waals surface area contributed by atoms with E-state index in [1.807, 2.05) is 0 Å². The Morgan fingerprint density at radius 1 is 1.50 bits per heavy atom. The second kappa shape index (κ2) is 3.03. The molecule has 1 aliphatic rings. The molecular weight excluding hydrogens is 124 g/mol. The molecule has 0 spiro atoms. The molecule has 2 atom stereocenters. The lowest BCUT2D eigenvalue weighted by Crippen LogP contribution is -2.36. The summed E-state index contributed by atoms with van der Waals surface area (Å²) in [5.74, 6) is 0.970. The average molecular weight is 138 g/mol. The van der Waals surface area contributed by atoms with Crippen molar-refractivity contribution >= 4 is 0 Å². The molecule has 1 heterocycles. The molecule has 0 amide bonds. The minimum absolute atomic E-state index is 0.272. The number of piperidine rings is 1. The number of hydrogen-bond donors (Lipinski definition) is 0. The van der Waals surface area contributed by atoms with E-state index in [-0.39, 0.29) is 5.92 Å². The van der Waals surface area contributed by atoms with Gasteiger partial charge in [0.15, 0.2) is 0 Å². The number of likely N-dealkylation sites (tertiary alicyclic amines) is 1. The largest absolute Gasteiger partial charge is 0.305 e. The van der Waals surface area contributed by atoms with Crippen molar-refractivity contribution in [3.63, 3.8) is 0 Å². The molecular formula is C8H14N2. The van der Waals surface area contributed by atoms with Gasteiger partial charge in [0, 0.05) is 13.1 Å². The standard InChI is InChI=1S/C8H14N2/c1-7-3-8(4-9)6-10(2)5-7/h7-8H,3,5-6H2,1-2H3/t7-,8-/m1/s1. The van der Waals surface area contributed by atoms with E-state index in [1.54, 1.807) is 0 Å². The highest BCUT2D eigenvalue weighted by Crippen LogP contribution is 2.18. The molecule has 2 nitrogen and oxygen atoms in total. The van der Waals surface area contributed by atoms with Crippen molar-refractivity contribution in [3.8, 4) is 6.07 Å². The highest BCUT2D eigenvalue weighted by atomic mass is 15.1. The van der Waals surface area contributed by atoms with Crippen LogP contribution in [0.4, 0.5) is 0 Å². The van der Waals surface area contributed by atoms with E-state index < -0.39 is 0 Å². The molecule has 0 bridgehead atoms. The highest BCUT2D eigenvalue weighted by molar-refractivity contribution is 4.89. The summed E-state index contributed by atoms with van der Waals surface area (Å²) >= 11 is 0. The smallest absolute Gasteiger partial charge is 0.0669 e. The molecule has 0 unspecified atom stereocenters. The van der Waals surface area contributed by atoms with E-state index in [9.17, 15) is 0 Å².